The molecule has 10 aromatic rings. The van der Waals surface area contributed by atoms with Gasteiger partial charge in [-0.1, -0.05) is 129 Å². The van der Waals surface area contributed by atoms with Gasteiger partial charge in [0.15, 0.2) is 0 Å². The summed E-state index contributed by atoms with van der Waals surface area (Å²) in [5.74, 6) is 0. The van der Waals surface area contributed by atoms with Crippen LogP contribution in [0.25, 0.3) is 77.3 Å². The number of anilines is 3. The van der Waals surface area contributed by atoms with Crippen molar-refractivity contribution < 1.29 is 8.83 Å². The molecule has 256 valence electrons. The minimum absolute atomic E-state index is 0.133. The first-order chi connectivity index (χ1) is 26.5. The van der Waals surface area contributed by atoms with Gasteiger partial charge >= 0.3 is 0 Å². The predicted octanol–water partition coefficient (Wildman–Crippen LogP) is 14.6. The molecule has 54 heavy (non-hydrogen) atoms. The zero-order valence-corrected chi connectivity index (χ0v) is 30.0. The third kappa shape index (κ3) is 4.61. The smallest absolute Gasteiger partial charge is 0.137 e. The van der Waals surface area contributed by atoms with Gasteiger partial charge < -0.3 is 13.7 Å². The summed E-state index contributed by atoms with van der Waals surface area (Å²) in [5.41, 5.74) is 16.5. The third-order valence-electron chi connectivity index (χ3n) is 11.5. The topological polar surface area (TPSA) is 29.5 Å². The first-order valence-corrected chi connectivity index (χ1v) is 18.6. The maximum absolute atomic E-state index is 6.69. The summed E-state index contributed by atoms with van der Waals surface area (Å²) in [7, 11) is 0. The Morgan fingerprint density at radius 1 is 0.389 bits per heavy atom. The second-order valence-corrected chi connectivity index (χ2v) is 14.9. The van der Waals surface area contributed by atoms with Crippen molar-refractivity contribution in [2.75, 3.05) is 4.90 Å². The number of hydrogen-bond acceptors (Lipinski definition) is 3. The summed E-state index contributed by atoms with van der Waals surface area (Å²) in [4.78, 5) is 2.39. The van der Waals surface area contributed by atoms with Gasteiger partial charge in [0.25, 0.3) is 0 Å². The van der Waals surface area contributed by atoms with Crippen LogP contribution in [0.5, 0.6) is 0 Å². The van der Waals surface area contributed by atoms with Gasteiger partial charge in [-0.25, -0.2) is 0 Å². The van der Waals surface area contributed by atoms with Crippen LogP contribution in [0.2, 0.25) is 0 Å². The summed E-state index contributed by atoms with van der Waals surface area (Å²) >= 11 is 0. The Morgan fingerprint density at radius 3 is 1.78 bits per heavy atom. The molecule has 0 unspecified atom stereocenters. The lowest BCUT2D eigenvalue weighted by Crippen LogP contribution is -2.16. The van der Waals surface area contributed by atoms with E-state index >= 15 is 0 Å². The van der Waals surface area contributed by atoms with E-state index < -0.39 is 0 Å². The first-order valence-electron chi connectivity index (χ1n) is 18.6. The van der Waals surface area contributed by atoms with Crippen LogP contribution in [0.15, 0.2) is 185 Å². The van der Waals surface area contributed by atoms with Gasteiger partial charge in [-0.2, -0.15) is 0 Å². The summed E-state index contributed by atoms with van der Waals surface area (Å²) in [6.45, 7) is 4.68. The normalized spacial score (nSPS) is 13.1. The molecule has 0 aliphatic heterocycles. The van der Waals surface area contributed by atoms with Crippen LogP contribution >= 0.6 is 0 Å². The van der Waals surface area contributed by atoms with Crippen LogP contribution in [0.3, 0.4) is 0 Å². The number of rotatable bonds is 5. The molecule has 1 aliphatic carbocycles. The van der Waals surface area contributed by atoms with Crippen molar-refractivity contribution in [3.05, 3.63) is 187 Å². The Hall–Kier alpha value is -6.84. The van der Waals surface area contributed by atoms with Gasteiger partial charge in [-0.05, 0) is 105 Å². The lowest BCUT2D eigenvalue weighted by molar-refractivity contribution is 0.660. The molecule has 0 amide bonds. The van der Waals surface area contributed by atoms with Gasteiger partial charge in [0, 0.05) is 32.9 Å². The van der Waals surface area contributed by atoms with E-state index in [1.54, 1.807) is 0 Å². The quantitative estimate of drug-likeness (QED) is 0.180. The fourth-order valence-electron chi connectivity index (χ4n) is 8.76. The maximum Gasteiger partial charge on any atom is 0.137 e. The highest BCUT2D eigenvalue weighted by Crippen LogP contribution is 2.52. The summed E-state index contributed by atoms with van der Waals surface area (Å²) < 4.78 is 13.3. The number of nitrogens with zero attached hydrogens (tertiary/aromatic N) is 1. The lowest BCUT2D eigenvalue weighted by Gasteiger charge is -2.28. The Balaban J connectivity index is 1.12. The number of hydrogen-bond donors (Lipinski definition) is 0. The zero-order valence-electron chi connectivity index (χ0n) is 30.0. The standard InChI is InChI=1S/C51H35NO2/c1-51(2)43-17-10-9-16-38(43)39-27-25-37(29-44(39)51)52(36-23-20-34(21-24-36)32-12-5-3-6-13-32)45-18-11-19-46-50(45)42-31-48-41(30-49(42)53-46)40-26-22-35(28-47(40)54-48)33-14-7-4-8-15-33/h3-31H,1-2H3. The highest BCUT2D eigenvalue weighted by molar-refractivity contribution is 6.19. The van der Waals surface area contributed by atoms with E-state index in [1.165, 1.54) is 38.9 Å². The average Bonchev–Trinajstić information content (AvgIpc) is 3.84. The molecule has 0 saturated carbocycles. The fourth-order valence-corrected chi connectivity index (χ4v) is 8.76. The Morgan fingerprint density at radius 2 is 0.981 bits per heavy atom. The van der Waals surface area contributed by atoms with Crippen LogP contribution < -0.4 is 4.90 Å². The van der Waals surface area contributed by atoms with E-state index in [9.17, 15) is 0 Å². The van der Waals surface area contributed by atoms with Crippen LogP contribution in [0.4, 0.5) is 17.1 Å². The van der Waals surface area contributed by atoms with Crippen LogP contribution in [-0.4, -0.2) is 0 Å². The fraction of sp³-hybridized carbons (Fsp3) is 0.0588. The molecule has 1 aliphatic rings. The van der Waals surface area contributed by atoms with Gasteiger partial charge in [0.1, 0.15) is 22.3 Å². The Labute approximate surface area is 313 Å². The third-order valence-corrected chi connectivity index (χ3v) is 11.5. The highest BCUT2D eigenvalue weighted by Gasteiger charge is 2.36. The van der Waals surface area contributed by atoms with Crippen LogP contribution in [-0.2, 0) is 5.41 Å². The maximum atomic E-state index is 6.69. The Bertz CT molecular complexity index is 3060. The molecule has 8 aromatic carbocycles. The molecule has 0 atom stereocenters. The van der Waals surface area contributed by atoms with E-state index in [4.69, 9.17) is 8.83 Å². The molecule has 0 radical (unpaired) electrons. The first kappa shape index (κ1) is 30.8. The van der Waals surface area contributed by atoms with Gasteiger partial charge in [0.2, 0.25) is 0 Å². The summed E-state index contributed by atoms with van der Waals surface area (Å²) in [5, 5.41) is 4.20. The van der Waals surface area contributed by atoms with Gasteiger partial charge in [-0.15, -0.1) is 0 Å². The molecule has 0 saturated heterocycles. The SMILES string of the molecule is CC1(C)c2ccccc2-c2ccc(N(c3ccc(-c4ccccc4)cc3)c3cccc4oc5cc6c(cc5c34)oc3cc(-c4ccccc4)ccc36)cc21. The van der Waals surface area contributed by atoms with E-state index in [-0.39, 0.29) is 5.41 Å². The van der Waals surface area contributed by atoms with Crippen molar-refractivity contribution >= 4 is 60.9 Å². The number of furan rings is 2. The number of benzene rings is 8. The second-order valence-electron chi connectivity index (χ2n) is 14.9. The monoisotopic (exact) mass is 693 g/mol. The predicted molar refractivity (Wildman–Crippen MR) is 224 cm³/mol. The molecule has 0 bridgehead atoms. The molecule has 0 fully saturated rings. The number of fused-ring (bicyclic) bond motifs is 9. The lowest BCUT2D eigenvalue weighted by atomic mass is 9.82. The molecule has 2 heterocycles. The average molecular weight is 694 g/mol. The second kappa shape index (κ2) is 11.6. The minimum Gasteiger partial charge on any atom is -0.456 e. The van der Waals surface area contributed by atoms with Crippen molar-refractivity contribution in [1.82, 2.24) is 0 Å². The van der Waals surface area contributed by atoms with Gasteiger partial charge in [0.05, 0.1) is 11.1 Å². The largest absolute Gasteiger partial charge is 0.456 e. The van der Waals surface area contributed by atoms with Crippen molar-refractivity contribution in [1.29, 1.82) is 0 Å². The molecule has 11 rings (SSSR count). The van der Waals surface area contributed by atoms with Crippen LogP contribution in [0.1, 0.15) is 25.0 Å². The van der Waals surface area contributed by atoms with E-state index in [0.29, 0.717) is 0 Å². The molecule has 3 nitrogen and oxygen atoms in total. The molecule has 3 heteroatoms. The summed E-state index contributed by atoms with van der Waals surface area (Å²) in [6.07, 6.45) is 0. The van der Waals surface area contributed by atoms with Gasteiger partial charge in [-0.3, -0.25) is 0 Å². The molecule has 2 aromatic heterocycles. The van der Waals surface area contributed by atoms with Crippen molar-refractivity contribution in [3.63, 3.8) is 0 Å². The van der Waals surface area contributed by atoms with Crippen LogP contribution in [0, 0.1) is 0 Å². The van der Waals surface area contributed by atoms with E-state index in [0.717, 1.165) is 66.5 Å². The highest BCUT2D eigenvalue weighted by atomic mass is 16.3. The molecule has 0 spiro atoms. The van der Waals surface area contributed by atoms with Crippen molar-refractivity contribution in [2.45, 2.75) is 19.3 Å². The zero-order chi connectivity index (χ0) is 36.0. The van der Waals surface area contributed by atoms with E-state index in [1.807, 2.05) is 6.07 Å². The van der Waals surface area contributed by atoms with Crippen molar-refractivity contribution in [2.24, 2.45) is 0 Å². The molecular weight excluding hydrogens is 659 g/mol. The minimum atomic E-state index is -0.133. The van der Waals surface area contributed by atoms with E-state index in [2.05, 4.69) is 189 Å². The molecule has 0 N–H and O–H groups in total. The van der Waals surface area contributed by atoms with Crippen molar-refractivity contribution in [3.8, 4) is 33.4 Å². The summed E-state index contributed by atoms with van der Waals surface area (Å²) in [6, 6.07) is 62.9. The Kier molecular flexibility index (Phi) is 6.60. The molecular formula is C51H35NO2.